The number of rotatable bonds is 3. The van der Waals surface area contributed by atoms with Gasteiger partial charge in [-0.15, -0.1) is 0 Å². The number of likely N-dealkylation sites (tertiary alicyclic amines) is 1. The zero-order valence-electron chi connectivity index (χ0n) is 9.93. The highest BCUT2D eigenvalue weighted by atomic mass is 16.3. The van der Waals surface area contributed by atoms with Crippen molar-refractivity contribution >= 4 is 12.0 Å². The van der Waals surface area contributed by atoms with E-state index in [1.165, 1.54) is 6.08 Å². The van der Waals surface area contributed by atoms with Crippen LogP contribution in [-0.4, -0.2) is 35.1 Å². The van der Waals surface area contributed by atoms with Gasteiger partial charge < -0.3 is 14.4 Å². The number of aliphatic hydroxyl groups excluding tert-OH is 1. The summed E-state index contributed by atoms with van der Waals surface area (Å²) in [6.07, 6.45) is 5.02. The van der Waals surface area contributed by atoms with Gasteiger partial charge >= 0.3 is 0 Å². The van der Waals surface area contributed by atoms with Gasteiger partial charge in [0, 0.05) is 12.6 Å². The van der Waals surface area contributed by atoms with Crippen LogP contribution in [-0.2, 0) is 4.79 Å². The van der Waals surface area contributed by atoms with E-state index >= 15 is 0 Å². The molecule has 1 aliphatic rings. The molecule has 4 nitrogen and oxygen atoms in total. The molecule has 0 spiro atoms. The minimum Gasteiger partial charge on any atom is -0.462 e. The van der Waals surface area contributed by atoms with Crippen molar-refractivity contribution in [2.45, 2.75) is 25.8 Å². The average molecular weight is 235 g/mol. The van der Waals surface area contributed by atoms with Crippen molar-refractivity contribution in [3.63, 3.8) is 0 Å². The Hall–Kier alpha value is -1.55. The molecule has 0 saturated carbocycles. The highest BCUT2D eigenvalue weighted by Gasteiger charge is 2.26. The summed E-state index contributed by atoms with van der Waals surface area (Å²) in [7, 11) is 0. The quantitative estimate of drug-likeness (QED) is 0.809. The molecule has 2 rings (SSSR count). The molecule has 0 radical (unpaired) electrons. The number of hydrogen-bond donors (Lipinski definition) is 1. The Morgan fingerprint density at radius 1 is 1.65 bits per heavy atom. The summed E-state index contributed by atoms with van der Waals surface area (Å²) in [5.41, 5.74) is 0. The molecule has 0 aliphatic carbocycles. The van der Waals surface area contributed by atoms with Crippen molar-refractivity contribution in [3.05, 3.63) is 29.7 Å². The minimum atomic E-state index is -0.0596. The number of aliphatic hydroxyl groups is 1. The Morgan fingerprint density at radius 3 is 3.12 bits per heavy atom. The molecular formula is C13H17NO3. The molecule has 2 heterocycles. The molecule has 1 aliphatic heterocycles. The van der Waals surface area contributed by atoms with Crippen LogP contribution < -0.4 is 0 Å². The molecule has 1 saturated heterocycles. The predicted octanol–water partition coefficient (Wildman–Crippen LogP) is 1.58. The lowest BCUT2D eigenvalue weighted by Crippen LogP contribution is -2.36. The van der Waals surface area contributed by atoms with Crippen LogP contribution >= 0.6 is 0 Å². The van der Waals surface area contributed by atoms with Gasteiger partial charge in [-0.25, -0.2) is 0 Å². The van der Waals surface area contributed by atoms with Gasteiger partial charge in [-0.2, -0.15) is 0 Å². The van der Waals surface area contributed by atoms with Crippen molar-refractivity contribution in [1.82, 2.24) is 4.90 Å². The van der Waals surface area contributed by atoms with Gasteiger partial charge in [0.25, 0.3) is 0 Å². The molecule has 4 heteroatoms. The van der Waals surface area contributed by atoms with Gasteiger partial charge in [0.2, 0.25) is 5.91 Å². The molecule has 1 amide bonds. The van der Waals surface area contributed by atoms with E-state index in [0.29, 0.717) is 5.76 Å². The molecule has 1 N–H and O–H groups in total. The lowest BCUT2D eigenvalue weighted by molar-refractivity contribution is -0.127. The first-order chi connectivity index (χ1) is 8.20. The highest BCUT2D eigenvalue weighted by molar-refractivity contribution is 5.91. The first-order valence-electron chi connectivity index (χ1n) is 5.86. The van der Waals surface area contributed by atoms with Crippen LogP contribution in [0.2, 0.25) is 0 Å². The zero-order valence-corrected chi connectivity index (χ0v) is 9.93. The Balaban J connectivity index is 1.99. The van der Waals surface area contributed by atoms with Crippen LogP contribution in [0.15, 0.2) is 22.6 Å². The molecule has 1 unspecified atom stereocenters. The molecule has 0 aromatic carbocycles. The van der Waals surface area contributed by atoms with Crippen LogP contribution in [0, 0.1) is 6.92 Å². The van der Waals surface area contributed by atoms with Crippen molar-refractivity contribution < 1.29 is 14.3 Å². The molecule has 1 aromatic rings. The van der Waals surface area contributed by atoms with Gasteiger partial charge in [0.05, 0.1) is 12.6 Å². The number of furan rings is 1. The highest BCUT2D eigenvalue weighted by Crippen LogP contribution is 2.17. The summed E-state index contributed by atoms with van der Waals surface area (Å²) >= 11 is 0. The average Bonchev–Trinajstić information content (AvgIpc) is 2.94. The fourth-order valence-electron chi connectivity index (χ4n) is 2.11. The Kier molecular flexibility index (Phi) is 3.64. The maximum Gasteiger partial charge on any atom is 0.247 e. The van der Waals surface area contributed by atoms with Gasteiger partial charge in [-0.05, 0) is 38.0 Å². The molecular weight excluding hydrogens is 218 g/mol. The molecule has 1 aromatic heterocycles. The first kappa shape index (κ1) is 11.9. The Labute approximate surface area is 101 Å². The molecule has 1 atom stereocenters. The topological polar surface area (TPSA) is 53.7 Å². The maximum absolute atomic E-state index is 11.9. The van der Waals surface area contributed by atoms with Crippen molar-refractivity contribution in [3.8, 4) is 0 Å². The van der Waals surface area contributed by atoms with Gasteiger partial charge in [-0.3, -0.25) is 4.79 Å². The van der Waals surface area contributed by atoms with E-state index in [9.17, 15) is 4.79 Å². The summed E-state index contributed by atoms with van der Waals surface area (Å²) in [4.78, 5) is 13.6. The second-order valence-electron chi connectivity index (χ2n) is 4.29. The third kappa shape index (κ3) is 2.77. The van der Waals surface area contributed by atoms with Gasteiger partial charge in [0.1, 0.15) is 11.5 Å². The number of nitrogens with zero attached hydrogens (tertiary/aromatic N) is 1. The molecule has 17 heavy (non-hydrogen) atoms. The van der Waals surface area contributed by atoms with Crippen molar-refractivity contribution in [2.24, 2.45) is 0 Å². The number of carbonyl (C=O) groups is 1. The third-order valence-corrected chi connectivity index (χ3v) is 3.02. The standard InChI is InChI=1S/C13H17NO3/c1-10-4-5-12(17-10)6-7-13(16)14-8-2-3-11(14)9-15/h4-7,11,15H,2-3,8-9H2,1H3/b7-6+. The summed E-state index contributed by atoms with van der Waals surface area (Å²) < 4.78 is 5.34. The van der Waals surface area contributed by atoms with Gasteiger partial charge in [0.15, 0.2) is 0 Å². The fraction of sp³-hybridized carbons (Fsp3) is 0.462. The normalized spacial score (nSPS) is 20.4. The molecule has 92 valence electrons. The summed E-state index contributed by atoms with van der Waals surface area (Å²) in [6, 6.07) is 3.66. The second kappa shape index (κ2) is 5.19. The number of amides is 1. The largest absolute Gasteiger partial charge is 0.462 e. The maximum atomic E-state index is 11.9. The lowest BCUT2D eigenvalue weighted by atomic mass is 10.2. The predicted molar refractivity (Wildman–Crippen MR) is 64.3 cm³/mol. The van der Waals surface area contributed by atoms with E-state index in [4.69, 9.17) is 9.52 Å². The van der Waals surface area contributed by atoms with Crippen LogP contribution in [0.25, 0.3) is 6.08 Å². The first-order valence-corrected chi connectivity index (χ1v) is 5.86. The van der Waals surface area contributed by atoms with E-state index in [1.807, 2.05) is 19.1 Å². The van der Waals surface area contributed by atoms with Crippen LogP contribution in [0.1, 0.15) is 24.4 Å². The Morgan fingerprint density at radius 2 is 2.47 bits per heavy atom. The van der Waals surface area contributed by atoms with Crippen LogP contribution in [0.5, 0.6) is 0 Å². The smallest absolute Gasteiger partial charge is 0.247 e. The Bertz CT molecular complexity index is 422. The minimum absolute atomic E-state index is 0.0227. The summed E-state index contributed by atoms with van der Waals surface area (Å²) in [6.45, 7) is 2.63. The summed E-state index contributed by atoms with van der Waals surface area (Å²) in [5, 5.41) is 9.14. The fourth-order valence-corrected chi connectivity index (χ4v) is 2.11. The number of aryl methyl sites for hydroxylation is 1. The molecule has 0 bridgehead atoms. The van der Waals surface area contributed by atoms with Crippen LogP contribution in [0.4, 0.5) is 0 Å². The lowest BCUT2D eigenvalue weighted by Gasteiger charge is -2.21. The summed E-state index contributed by atoms with van der Waals surface area (Å²) in [5.74, 6) is 1.44. The SMILES string of the molecule is Cc1ccc(/C=C/C(=O)N2CCCC2CO)o1. The molecule has 1 fully saturated rings. The third-order valence-electron chi connectivity index (χ3n) is 3.02. The van der Waals surface area contributed by atoms with Crippen molar-refractivity contribution in [2.75, 3.05) is 13.2 Å². The van der Waals surface area contributed by atoms with E-state index in [0.717, 1.165) is 25.1 Å². The second-order valence-corrected chi connectivity index (χ2v) is 4.29. The van der Waals surface area contributed by atoms with Crippen molar-refractivity contribution in [1.29, 1.82) is 0 Å². The monoisotopic (exact) mass is 235 g/mol. The number of hydrogen-bond acceptors (Lipinski definition) is 3. The zero-order chi connectivity index (χ0) is 12.3. The van der Waals surface area contributed by atoms with E-state index in [-0.39, 0.29) is 18.6 Å². The van der Waals surface area contributed by atoms with Gasteiger partial charge in [-0.1, -0.05) is 0 Å². The van der Waals surface area contributed by atoms with E-state index in [1.54, 1.807) is 11.0 Å². The van der Waals surface area contributed by atoms with E-state index in [2.05, 4.69) is 0 Å². The van der Waals surface area contributed by atoms with Crippen LogP contribution in [0.3, 0.4) is 0 Å². The van der Waals surface area contributed by atoms with E-state index < -0.39 is 0 Å². The number of carbonyl (C=O) groups excluding carboxylic acids is 1.